The van der Waals surface area contributed by atoms with Crippen molar-refractivity contribution < 1.29 is 4.79 Å². The molecule has 138 valence electrons. The van der Waals surface area contributed by atoms with Crippen LogP contribution in [-0.2, 0) is 4.79 Å². The Morgan fingerprint density at radius 3 is 2.81 bits per heavy atom. The van der Waals surface area contributed by atoms with Crippen LogP contribution in [-0.4, -0.2) is 44.8 Å². The SMILES string of the molecule is O=C(CSc1ccncc1)N1CCCC(c2[nH]ncc2-c2ccccc2)C1. The third-order valence-corrected chi connectivity index (χ3v) is 5.94. The van der Waals surface area contributed by atoms with E-state index in [1.165, 1.54) is 0 Å². The summed E-state index contributed by atoms with van der Waals surface area (Å²) in [6.07, 6.45) is 7.50. The van der Waals surface area contributed by atoms with Gasteiger partial charge < -0.3 is 4.90 Å². The third-order valence-electron chi connectivity index (χ3n) is 4.95. The number of rotatable bonds is 5. The van der Waals surface area contributed by atoms with Gasteiger partial charge in [-0.25, -0.2) is 0 Å². The molecule has 1 aromatic carbocycles. The van der Waals surface area contributed by atoms with E-state index in [1.54, 1.807) is 24.2 Å². The van der Waals surface area contributed by atoms with Gasteiger partial charge in [-0.3, -0.25) is 14.9 Å². The number of hydrogen-bond donors (Lipinski definition) is 1. The topological polar surface area (TPSA) is 61.9 Å². The molecular weight excluding hydrogens is 356 g/mol. The van der Waals surface area contributed by atoms with Crippen molar-refractivity contribution in [1.82, 2.24) is 20.1 Å². The lowest BCUT2D eigenvalue weighted by molar-refractivity contribution is -0.129. The second-order valence-corrected chi connectivity index (χ2v) is 7.76. The van der Waals surface area contributed by atoms with Crippen LogP contribution in [0, 0.1) is 0 Å². The van der Waals surface area contributed by atoms with E-state index >= 15 is 0 Å². The third kappa shape index (κ3) is 4.22. The number of benzene rings is 1. The molecule has 1 saturated heterocycles. The quantitative estimate of drug-likeness (QED) is 0.683. The summed E-state index contributed by atoms with van der Waals surface area (Å²) in [5, 5.41) is 7.47. The summed E-state index contributed by atoms with van der Waals surface area (Å²) in [7, 11) is 0. The standard InChI is InChI=1S/C21H22N4OS/c26-20(15-27-18-8-10-22-11-9-18)25-12-4-7-17(14-25)21-19(13-23-24-21)16-5-2-1-3-6-16/h1-3,5-6,8-11,13,17H,4,7,12,14-15H2,(H,23,24). The number of aromatic nitrogens is 3. The largest absolute Gasteiger partial charge is 0.341 e. The van der Waals surface area contributed by atoms with E-state index in [4.69, 9.17) is 0 Å². The lowest BCUT2D eigenvalue weighted by Crippen LogP contribution is -2.40. The van der Waals surface area contributed by atoms with E-state index in [-0.39, 0.29) is 5.91 Å². The highest BCUT2D eigenvalue weighted by atomic mass is 32.2. The lowest BCUT2D eigenvalue weighted by Gasteiger charge is -2.32. The van der Waals surface area contributed by atoms with Crippen molar-refractivity contribution in [3.63, 3.8) is 0 Å². The predicted octanol–water partition coefficient (Wildman–Crippen LogP) is 3.97. The van der Waals surface area contributed by atoms with Crippen LogP contribution in [0.2, 0.25) is 0 Å². The summed E-state index contributed by atoms with van der Waals surface area (Å²) in [5.74, 6) is 0.958. The van der Waals surface area contributed by atoms with Gasteiger partial charge in [0.2, 0.25) is 5.91 Å². The first kappa shape index (κ1) is 17.8. The molecule has 0 aliphatic carbocycles. The van der Waals surface area contributed by atoms with Crippen LogP contribution in [0.3, 0.4) is 0 Å². The van der Waals surface area contributed by atoms with Gasteiger partial charge >= 0.3 is 0 Å². The summed E-state index contributed by atoms with van der Waals surface area (Å²) in [5.41, 5.74) is 3.44. The molecule has 1 N–H and O–H groups in total. The molecule has 5 nitrogen and oxygen atoms in total. The Kier molecular flexibility index (Phi) is 5.53. The van der Waals surface area contributed by atoms with E-state index in [0.29, 0.717) is 11.7 Å². The summed E-state index contributed by atoms with van der Waals surface area (Å²) in [6, 6.07) is 14.2. The van der Waals surface area contributed by atoms with Crippen molar-refractivity contribution in [2.24, 2.45) is 0 Å². The zero-order valence-corrected chi connectivity index (χ0v) is 15.9. The first-order valence-electron chi connectivity index (χ1n) is 9.20. The van der Waals surface area contributed by atoms with Gasteiger partial charge in [0.25, 0.3) is 0 Å². The molecule has 1 unspecified atom stereocenters. The number of nitrogens with zero attached hydrogens (tertiary/aromatic N) is 3. The predicted molar refractivity (Wildman–Crippen MR) is 108 cm³/mol. The molecule has 4 rings (SSSR count). The fourth-order valence-corrected chi connectivity index (χ4v) is 4.35. The molecule has 27 heavy (non-hydrogen) atoms. The number of carbonyl (C=O) groups excluding carboxylic acids is 1. The highest BCUT2D eigenvalue weighted by Gasteiger charge is 2.27. The number of hydrogen-bond acceptors (Lipinski definition) is 4. The Morgan fingerprint density at radius 2 is 2.00 bits per heavy atom. The molecule has 3 aromatic rings. The Labute approximate surface area is 163 Å². The monoisotopic (exact) mass is 378 g/mol. The Bertz CT molecular complexity index is 881. The fourth-order valence-electron chi connectivity index (χ4n) is 3.57. The van der Waals surface area contributed by atoms with Crippen LogP contribution < -0.4 is 0 Å². The average molecular weight is 379 g/mol. The summed E-state index contributed by atoms with van der Waals surface area (Å²) >= 11 is 1.57. The number of nitrogens with one attached hydrogen (secondary N) is 1. The van der Waals surface area contributed by atoms with Crippen LogP contribution in [0.4, 0.5) is 0 Å². The van der Waals surface area contributed by atoms with Gasteiger partial charge in [-0.05, 0) is 30.5 Å². The average Bonchev–Trinajstić information content (AvgIpc) is 3.23. The first-order chi connectivity index (χ1) is 13.3. The minimum atomic E-state index is 0.197. The molecule has 1 amide bonds. The maximum Gasteiger partial charge on any atom is 0.232 e. The number of aromatic amines is 1. The zero-order valence-electron chi connectivity index (χ0n) is 15.0. The van der Waals surface area contributed by atoms with E-state index in [0.717, 1.165) is 47.6 Å². The molecule has 0 spiro atoms. The van der Waals surface area contributed by atoms with E-state index in [9.17, 15) is 4.79 Å². The molecule has 1 aliphatic rings. The van der Waals surface area contributed by atoms with E-state index in [2.05, 4.69) is 27.3 Å². The number of carbonyl (C=O) groups is 1. The minimum Gasteiger partial charge on any atom is -0.341 e. The highest BCUT2D eigenvalue weighted by molar-refractivity contribution is 8.00. The van der Waals surface area contributed by atoms with Gasteiger partial charge in [0.05, 0.1) is 11.9 Å². The van der Waals surface area contributed by atoms with E-state index < -0.39 is 0 Å². The van der Waals surface area contributed by atoms with Gasteiger partial charge in [0, 0.05) is 47.6 Å². The highest BCUT2D eigenvalue weighted by Crippen LogP contribution is 2.33. The maximum atomic E-state index is 12.7. The zero-order chi connectivity index (χ0) is 18.5. The fraction of sp³-hybridized carbons (Fsp3) is 0.286. The van der Waals surface area contributed by atoms with Crippen molar-refractivity contribution in [2.45, 2.75) is 23.7 Å². The minimum absolute atomic E-state index is 0.197. The van der Waals surface area contributed by atoms with Gasteiger partial charge in [-0.15, -0.1) is 11.8 Å². The molecule has 0 saturated carbocycles. The van der Waals surface area contributed by atoms with Crippen LogP contribution in [0.5, 0.6) is 0 Å². The normalized spacial score (nSPS) is 17.0. The summed E-state index contributed by atoms with van der Waals surface area (Å²) in [4.78, 5) is 19.8. The maximum absolute atomic E-state index is 12.7. The molecule has 3 heterocycles. The van der Waals surface area contributed by atoms with Crippen LogP contribution >= 0.6 is 11.8 Å². The second-order valence-electron chi connectivity index (χ2n) is 6.71. The number of likely N-dealkylation sites (tertiary alicyclic amines) is 1. The first-order valence-corrected chi connectivity index (χ1v) is 10.2. The Morgan fingerprint density at radius 1 is 1.19 bits per heavy atom. The lowest BCUT2D eigenvalue weighted by atomic mass is 9.90. The van der Waals surface area contributed by atoms with Crippen molar-refractivity contribution in [3.05, 3.63) is 66.7 Å². The van der Waals surface area contributed by atoms with Crippen LogP contribution in [0.25, 0.3) is 11.1 Å². The molecule has 1 aliphatic heterocycles. The molecule has 0 radical (unpaired) electrons. The number of H-pyrrole nitrogens is 1. The van der Waals surface area contributed by atoms with Crippen molar-refractivity contribution in [3.8, 4) is 11.1 Å². The number of piperidine rings is 1. The molecule has 1 atom stereocenters. The molecule has 0 bridgehead atoms. The molecule has 6 heteroatoms. The Hall–Kier alpha value is -2.60. The smallest absolute Gasteiger partial charge is 0.232 e. The van der Waals surface area contributed by atoms with E-state index in [1.807, 2.05) is 41.4 Å². The van der Waals surface area contributed by atoms with Gasteiger partial charge in [-0.2, -0.15) is 5.10 Å². The van der Waals surface area contributed by atoms with Gasteiger partial charge in [-0.1, -0.05) is 30.3 Å². The summed E-state index contributed by atoms with van der Waals surface area (Å²) < 4.78 is 0. The number of pyridine rings is 1. The Balaban J connectivity index is 1.43. The van der Waals surface area contributed by atoms with Crippen LogP contribution in [0.1, 0.15) is 24.5 Å². The molecular formula is C21H22N4OS. The number of amides is 1. The van der Waals surface area contributed by atoms with Crippen LogP contribution in [0.15, 0.2) is 66.0 Å². The van der Waals surface area contributed by atoms with Crippen molar-refractivity contribution in [1.29, 1.82) is 0 Å². The van der Waals surface area contributed by atoms with Crippen molar-refractivity contribution in [2.75, 3.05) is 18.8 Å². The van der Waals surface area contributed by atoms with Gasteiger partial charge in [0.1, 0.15) is 0 Å². The summed E-state index contributed by atoms with van der Waals surface area (Å²) in [6.45, 7) is 1.58. The number of thioether (sulfide) groups is 1. The van der Waals surface area contributed by atoms with Gasteiger partial charge in [0.15, 0.2) is 0 Å². The second kappa shape index (κ2) is 8.39. The molecule has 2 aromatic heterocycles. The molecule has 1 fully saturated rings. The van der Waals surface area contributed by atoms with Crippen molar-refractivity contribution >= 4 is 17.7 Å².